The third-order valence-corrected chi connectivity index (χ3v) is 7.11. The Bertz CT molecular complexity index is 1340. The largest absolute Gasteiger partial charge is 0.452 e. The number of nitrogens with two attached hydrogens (primary N) is 1. The molecule has 16 heteroatoms. The van der Waals surface area contributed by atoms with Crippen molar-refractivity contribution in [1.82, 2.24) is 25.2 Å². The van der Waals surface area contributed by atoms with E-state index in [1.807, 2.05) is 5.32 Å². The van der Waals surface area contributed by atoms with E-state index in [0.29, 0.717) is 42.4 Å². The topological polar surface area (TPSA) is 190 Å². The van der Waals surface area contributed by atoms with E-state index in [2.05, 4.69) is 15.0 Å². The molecule has 0 bridgehead atoms. The fourth-order valence-corrected chi connectivity index (χ4v) is 5.28. The summed E-state index contributed by atoms with van der Waals surface area (Å²) in [7, 11) is -3.84. The second kappa shape index (κ2) is 12.0. The Labute approximate surface area is 222 Å². The molecule has 1 aliphatic rings. The molecule has 0 radical (unpaired) electrons. The Morgan fingerprint density at radius 2 is 1.85 bits per heavy atom. The number of rotatable bonds is 10. The minimum atomic E-state index is -5.22. The Hall–Kier alpha value is -3.66. The lowest BCUT2D eigenvalue weighted by Crippen LogP contribution is -2.56. The van der Waals surface area contributed by atoms with Gasteiger partial charge in [-0.05, 0) is 30.4 Å². The number of para-hydroxylation sites is 1. The number of hydrogen-bond acceptors (Lipinski definition) is 6. The van der Waals surface area contributed by atoms with Gasteiger partial charge in [-0.1, -0.05) is 18.2 Å². The highest BCUT2D eigenvalue weighted by Gasteiger charge is 2.44. The van der Waals surface area contributed by atoms with Crippen molar-refractivity contribution in [3.63, 3.8) is 0 Å². The van der Waals surface area contributed by atoms with Crippen LogP contribution in [0, 0.1) is 11.3 Å². The lowest BCUT2D eigenvalue weighted by atomic mass is 9.89. The van der Waals surface area contributed by atoms with Crippen LogP contribution >= 0.6 is 0 Å². The number of amides is 2. The maximum atomic E-state index is 13.3. The van der Waals surface area contributed by atoms with Crippen molar-refractivity contribution in [3.05, 3.63) is 36.0 Å². The molecular weight excluding hydrogens is 543 g/mol. The monoisotopic (exact) mass is 573 g/mol. The van der Waals surface area contributed by atoms with E-state index in [9.17, 15) is 36.0 Å². The third-order valence-electron chi connectivity index (χ3n) is 6.43. The molecule has 2 aromatic rings. The zero-order valence-corrected chi connectivity index (χ0v) is 21.8. The highest BCUT2D eigenvalue weighted by Crippen LogP contribution is 2.24. The number of carbonyl (C=O) groups is 3. The van der Waals surface area contributed by atoms with Crippen LogP contribution < -0.4 is 21.1 Å². The van der Waals surface area contributed by atoms with Crippen molar-refractivity contribution in [3.8, 4) is 0 Å². The molecule has 12 nitrogen and oxygen atoms in total. The molecule has 39 heavy (non-hydrogen) atoms. The summed E-state index contributed by atoms with van der Waals surface area (Å²) in [6.45, 7) is -0.169. The van der Waals surface area contributed by atoms with E-state index in [0.717, 1.165) is 6.26 Å². The highest BCUT2D eigenvalue weighted by atomic mass is 32.2. The van der Waals surface area contributed by atoms with Crippen molar-refractivity contribution >= 4 is 44.5 Å². The van der Waals surface area contributed by atoms with E-state index in [1.165, 1.54) is 6.20 Å². The number of nitrogens with zero attached hydrogens (tertiary/aromatic N) is 1. The van der Waals surface area contributed by atoms with Gasteiger partial charge in [0, 0.05) is 36.6 Å². The fourth-order valence-electron chi connectivity index (χ4n) is 4.52. The normalized spacial score (nSPS) is 16.5. The number of halogens is 3. The molecule has 0 saturated carbocycles. The molecule has 2 amide bonds. The molecule has 0 spiro atoms. The number of sulfonamides is 1. The third kappa shape index (κ3) is 8.16. The van der Waals surface area contributed by atoms with Gasteiger partial charge in [0.05, 0.1) is 12.8 Å². The fraction of sp³-hybridized carbons (Fsp3) is 0.478. The number of hydrogen-bond donors (Lipinski definition) is 6. The van der Waals surface area contributed by atoms with Gasteiger partial charge in [0.25, 0.3) is 5.78 Å². The van der Waals surface area contributed by atoms with Crippen LogP contribution in [-0.4, -0.2) is 86.0 Å². The van der Waals surface area contributed by atoms with Gasteiger partial charge >= 0.3 is 6.18 Å². The summed E-state index contributed by atoms with van der Waals surface area (Å²) in [5.74, 6) is -4.71. The van der Waals surface area contributed by atoms with Crippen LogP contribution in [0.1, 0.15) is 18.4 Å². The second-order valence-electron chi connectivity index (χ2n) is 9.34. The number of aromatic amines is 1. The first-order valence-corrected chi connectivity index (χ1v) is 13.8. The average Bonchev–Trinajstić information content (AvgIpc) is 3.26. The summed E-state index contributed by atoms with van der Waals surface area (Å²) in [6, 6.07) is 3.56. The first-order chi connectivity index (χ1) is 18.2. The quantitative estimate of drug-likeness (QED) is 0.170. The number of carbonyl (C=O) groups excluding carboxylic acids is 3. The lowest BCUT2D eigenvalue weighted by Gasteiger charge is -2.35. The zero-order chi connectivity index (χ0) is 29.0. The van der Waals surface area contributed by atoms with Gasteiger partial charge < -0.3 is 26.3 Å². The molecule has 1 fully saturated rings. The molecule has 7 N–H and O–H groups in total. The number of piperidine rings is 1. The second-order valence-corrected chi connectivity index (χ2v) is 11.1. The summed E-state index contributed by atoms with van der Waals surface area (Å²) in [6.07, 6.45) is -2.71. The summed E-state index contributed by atoms with van der Waals surface area (Å²) in [4.78, 5) is 42.0. The Balaban J connectivity index is 1.68. The highest BCUT2D eigenvalue weighted by molar-refractivity contribution is 7.88. The molecule has 2 unspecified atom stereocenters. The van der Waals surface area contributed by atoms with E-state index in [4.69, 9.17) is 11.1 Å². The summed E-state index contributed by atoms with van der Waals surface area (Å²) in [5, 5.41) is 12.4. The maximum absolute atomic E-state index is 13.3. The van der Waals surface area contributed by atoms with E-state index in [-0.39, 0.29) is 5.96 Å². The van der Waals surface area contributed by atoms with Crippen LogP contribution in [0.3, 0.4) is 0 Å². The SMILES string of the molecule is CS(=O)(=O)NC(C(=O)NCC(=O)NC(Cc1c[nH]c2ccccc12)C(=O)C(F)(F)F)C1CCN(C(=N)N)CC1. The van der Waals surface area contributed by atoms with Crippen LogP contribution in [0.5, 0.6) is 0 Å². The van der Waals surface area contributed by atoms with Crippen LogP contribution in [0.25, 0.3) is 10.9 Å². The molecule has 1 saturated heterocycles. The number of Topliss-reactive ketones (excluding diaryl/α,β-unsaturated/α-hetero) is 1. The van der Waals surface area contributed by atoms with Crippen molar-refractivity contribution in [2.45, 2.75) is 37.5 Å². The number of ketones is 1. The van der Waals surface area contributed by atoms with Crippen LogP contribution in [-0.2, 0) is 30.8 Å². The predicted octanol–water partition coefficient (Wildman–Crippen LogP) is -0.0339. The summed E-state index contributed by atoms with van der Waals surface area (Å²) in [5.41, 5.74) is 6.49. The van der Waals surface area contributed by atoms with Crippen molar-refractivity contribution < 1.29 is 36.0 Å². The molecular formula is C23H30F3N7O5S. The van der Waals surface area contributed by atoms with Gasteiger partial charge in [0.1, 0.15) is 12.1 Å². The molecule has 1 aromatic heterocycles. The first kappa shape index (κ1) is 29.9. The molecule has 3 rings (SSSR count). The van der Waals surface area contributed by atoms with Gasteiger partial charge in [-0.2, -0.15) is 13.2 Å². The average molecular weight is 574 g/mol. The minimum Gasteiger partial charge on any atom is -0.370 e. The van der Waals surface area contributed by atoms with Gasteiger partial charge in [-0.25, -0.2) is 13.1 Å². The van der Waals surface area contributed by atoms with E-state index >= 15 is 0 Å². The maximum Gasteiger partial charge on any atom is 0.452 e. The number of fused-ring (bicyclic) bond motifs is 1. The van der Waals surface area contributed by atoms with Crippen molar-refractivity contribution in [2.24, 2.45) is 11.7 Å². The minimum absolute atomic E-state index is 0.155. The van der Waals surface area contributed by atoms with Crippen LogP contribution in [0.2, 0.25) is 0 Å². The smallest absolute Gasteiger partial charge is 0.370 e. The van der Waals surface area contributed by atoms with Gasteiger partial charge in [-0.15, -0.1) is 0 Å². The number of alkyl halides is 3. The van der Waals surface area contributed by atoms with Crippen LogP contribution in [0.4, 0.5) is 13.2 Å². The van der Waals surface area contributed by atoms with Gasteiger partial charge in [0.2, 0.25) is 21.8 Å². The van der Waals surface area contributed by atoms with Gasteiger partial charge in [0.15, 0.2) is 5.96 Å². The molecule has 1 aromatic carbocycles. The zero-order valence-electron chi connectivity index (χ0n) is 21.0. The number of likely N-dealkylation sites (tertiary alicyclic amines) is 1. The number of benzene rings is 1. The Morgan fingerprint density at radius 3 is 2.44 bits per heavy atom. The molecule has 0 aliphatic carbocycles. The molecule has 214 valence electrons. The number of guanidine groups is 1. The van der Waals surface area contributed by atoms with E-state index in [1.54, 1.807) is 29.2 Å². The molecule has 2 heterocycles. The molecule has 2 atom stereocenters. The van der Waals surface area contributed by atoms with E-state index < -0.39 is 64.8 Å². The van der Waals surface area contributed by atoms with Crippen LogP contribution in [0.15, 0.2) is 30.5 Å². The predicted molar refractivity (Wildman–Crippen MR) is 136 cm³/mol. The van der Waals surface area contributed by atoms with Crippen molar-refractivity contribution in [2.75, 3.05) is 25.9 Å². The number of H-pyrrole nitrogens is 1. The van der Waals surface area contributed by atoms with Gasteiger partial charge in [-0.3, -0.25) is 19.8 Å². The number of aromatic nitrogens is 1. The standard InChI is InChI=1S/C23H30F3N7O5S/c1-39(37,38)32-19(13-6-8-33(9-7-13)22(27)28)21(36)30-12-18(34)31-17(20(35)23(24,25)26)10-14-11-29-16-5-3-2-4-15(14)16/h2-5,11,13,17,19,29,32H,6-10,12H2,1H3,(H3,27,28)(H,30,36)(H,31,34). The first-order valence-electron chi connectivity index (χ1n) is 11.9. The molecule has 1 aliphatic heterocycles. The number of nitrogens with one attached hydrogen (secondary N) is 5. The summed E-state index contributed by atoms with van der Waals surface area (Å²) < 4.78 is 65.8. The lowest BCUT2D eigenvalue weighted by molar-refractivity contribution is -0.173. The summed E-state index contributed by atoms with van der Waals surface area (Å²) >= 11 is 0. The Kier molecular flexibility index (Phi) is 9.22. The Morgan fingerprint density at radius 1 is 1.21 bits per heavy atom. The van der Waals surface area contributed by atoms with Crippen molar-refractivity contribution in [1.29, 1.82) is 5.41 Å².